The summed E-state index contributed by atoms with van der Waals surface area (Å²) in [6, 6.07) is 4.22. The normalized spacial score (nSPS) is 15.8. The number of halogens is 2. The van der Waals surface area contributed by atoms with Crippen LogP contribution < -0.4 is 5.32 Å². The van der Waals surface area contributed by atoms with Gasteiger partial charge in [-0.3, -0.25) is 4.79 Å². The fourth-order valence-corrected chi connectivity index (χ4v) is 2.89. The van der Waals surface area contributed by atoms with E-state index in [-0.39, 0.29) is 11.7 Å². The lowest BCUT2D eigenvalue weighted by Crippen LogP contribution is -2.47. The standard InChI is InChI=1S/C12H14ClFN2OS/c13-10-7-9(14)1-2-11(10)18-8-12(17)16-5-3-15-4-6-16/h1-2,7,15H,3-6,8H2. The van der Waals surface area contributed by atoms with Crippen molar-refractivity contribution in [1.29, 1.82) is 0 Å². The van der Waals surface area contributed by atoms with Gasteiger partial charge >= 0.3 is 0 Å². The van der Waals surface area contributed by atoms with E-state index in [4.69, 9.17) is 11.6 Å². The molecule has 0 aliphatic carbocycles. The topological polar surface area (TPSA) is 32.3 Å². The van der Waals surface area contributed by atoms with Crippen LogP contribution in [0.4, 0.5) is 4.39 Å². The van der Waals surface area contributed by atoms with Crippen molar-refractivity contribution in [2.75, 3.05) is 31.9 Å². The van der Waals surface area contributed by atoms with Gasteiger partial charge in [0.1, 0.15) is 5.82 Å². The van der Waals surface area contributed by atoms with Crippen molar-refractivity contribution in [3.8, 4) is 0 Å². The Labute approximate surface area is 115 Å². The smallest absolute Gasteiger partial charge is 0.233 e. The maximum atomic E-state index is 12.9. The molecule has 0 atom stereocenters. The minimum absolute atomic E-state index is 0.0990. The molecule has 0 spiro atoms. The van der Waals surface area contributed by atoms with E-state index in [1.807, 2.05) is 4.90 Å². The lowest BCUT2D eigenvalue weighted by molar-refractivity contribution is -0.128. The second-order valence-electron chi connectivity index (χ2n) is 3.99. The molecule has 1 aliphatic rings. The third kappa shape index (κ3) is 3.60. The number of thioether (sulfide) groups is 1. The fraction of sp³-hybridized carbons (Fsp3) is 0.417. The molecule has 1 N–H and O–H groups in total. The summed E-state index contributed by atoms with van der Waals surface area (Å²) >= 11 is 7.25. The minimum Gasteiger partial charge on any atom is -0.339 e. The van der Waals surface area contributed by atoms with Gasteiger partial charge in [0.2, 0.25) is 5.91 Å². The van der Waals surface area contributed by atoms with Gasteiger partial charge in [0.05, 0.1) is 10.8 Å². The van der Waals surface area contributed by atoms with E-state index < -0.39 is 0 Å². The van der Waals surface area contributed by atoms with E-state index in [0.717, 1.165) is 31.1 Å². The van der Waals surface area contributed by atoms with Crippen molar-refractivity contribution in [1.82, 2.24) is 10.2 Å². The molecule has 6 heteroatoms. The Bertz CT molecular complexity index is 438. The summed E-state index contributed by atoms with van der Waals surface area (Å²) in [5.41, 5.74) is 0. The third-order valence-corrected chi connectivity index (χ3v) is 4.20. The van der Waals surface area contributed by atoms with Gasteiger partial charge in [0, 0.05) is 31.1 Å². The number of hydrogen-bond donors (Lipinski definition) is 1. The summed E-state index contributed by atoms with van der Waals surface area (Å²) in [7, 11) is 0. The van der Waals surface area contributed by atoms with Crippen LogP contribution in [0.2, 0.25) is 5.02 Å². The van der Waals surface area contributed by atoms with E-state index in [1.165, 1.54) is 23.9 Å². The molecule has 1 aromatic rings. The maximum absolute atomic E-state index is 12.9. The van der Waals surface area contributed by atoms with Crippen LogP contribution >= 0.6 is 23.4 Å². The van der Waals surface area contributed by atoms with Crippen molar-refractivity contribution in [2.45, 2.75) is 4.90 Å². The summed E-state index contributed by atoms with van der Waals surface area (Å²) in [5, 5.41) is 3.55. The molecule has 0 saturated carbocycles. The van der Waals surface area contributed by atoms with E-state index in [2.05, 4.69) is 5.32 Å². The quantitative estimate of drug-likeness (QED) is 0.864. The van der Waals surface area contributed by atoms with Gasteiger partial charge in [0.15, 0.2) is 0 Å². The lowest BCUT2D eigenvalue weighted by Gasteiger charge is -2.27. The van der Waals surface area contributed by atoms with Crippen LogP contribution in [0, 0.1) is 5.82 Å². The summed E-state index contributed by atoms with van der Waals surface area (Å²) in [6.07, 6.45) is 0. The molecule has 1 fully saturated rings. The summed E-state index contributed by atoms with van der Waals surface area (Å²) in [4.78, 5) is 14.5. The molecule has 1 amide bonds. The first-order valence-electron chi connectivity index (χ1n) is 5.73. The minimum atomic E-state index is -0.363. The highest BCUT2D eigenvalue weighted by Crippen LogP contribution is 2.27. The first-order valence-corrected chi connectivity index (χ1v) is 7.09. The molecule has 1 aromatic carbocycles. The predicted molar refractivity (Wildman–Crippen MR) is 71.6 cm³/mol. The van der Waals surface area contributed by atoms with Gasteiger partial charge in [-0.25, -0.2) is 4.39 Å². The van der Waals surface area contributed by atoms with Gasteiger partial charge < -0.3 is 10.2 Å². The summed E-state index contributed by atoms with van der Waals surface area (Å²) < 4.78 is 12.9. The second-order valence-corrected chi connectivity index (χ2v) is 5.42. The Balaban J connectivity index is 1.88. The third-order valence-electron chi connectivity index (χ3n) is 2.71. The number of piperazine rings is 1. The molecule has 98 valence electrons. The molecule has 3 nitrogen and oxygen atoms in total. The number of carbonyl (C=O) groups is 1. The Hall–Kier alpha value is -0.780. The van der Waals surface area contributed by atoms with Crippen molar-refractivity contribution < 1.29 is 9.18 Å². The zero-order valence-electron chi connectivity index (χ0n) is 9.79. The number of amides is 1. The number of benzene rings is 1. The van der Waals surface area contributed by atoms with Crippen LogP contribution in [0.15, 0.2) is 23.1 Å². The van der Waals surface area contributed by atoms with Crippen LogP contribution in [0.3, 0.4) is 0 Å². The number of nitrogens with zero attached hydrogens (tertiary/aromatic N) is 1. The van der Waals surface area contributed by atoms with E-state index in [1.54, 1.807) is 6.07 Å². The largest absolute Gasteiger partial charge is 0.339 e. The SMILES string of the molecule is O=C(CSc1ccc(F)cc1Cl)N1CCNCC1. The van der Waals surface area contributed by atoms with E-state index in [9.17, 15) is 9.18 Å². The number of rotatable bonds is 3. The van der Waals surface area contributed by atoms with Gasteiger partial charge in [-0.05, 0) is 18.2 Å². The Morgan fingerprint density at radius 2 is 2.17 bits per heavy atom. The molecule has 0 bridgehead atoms. The van der Waals surface area contributed by atoms with E-state index in [0.29, 0.717) is 10.8 Å². The molecule has 2 rings (SSSR count). The average Bonchev–Trinajstić information content (AvgIpc) is 2.38. The van der Waals surface area contributed by atoms with Crippen LogP contribution in [0.25, 0.3) is 0 Å². The number of nitrogens with one attached hydrogen (secondary N) is 1. The fourth-order valence-electron chi connectivity index (χ4n) is 1.74. The Kier molecular flexibility index (Phi) is 4.86. The van der Waals surface area contributed by atoms with Gasteiger partial charge in [-0.1, -0.05) is 11.6 Å². The van der Waals surface area contributed by atoms with Crippen molar-refractivity contribution >= 4 is 29.3 Å². The van der Waals surface area contributed by atoms with Crippen molar-refractivity contribution in [2.24, 2.45) is 0 Å². The summed E-state index contributed by atoms with van der Waals surface area (Å²) in [6.45, 7) is 3.18. The maximum Gasteiger partial charge on any atom is 0.233 e. The average molecular weight is 289 g/mol. The lowest BCUT2D eigenvalue weighted by atomic mass is 10.3. The first-order chi connectivity index (χ1) is 8.66. The van der Waals surface area contributed by atoms with Gasteiger partial charge in [-0.2, -0.15) is 0 Å². The van der Waals surface area contributed by atoms with Crippen LogP contribution in [-0.2, 0) is 4.79 Å². The molecule has 0 radical (unpaired) electrons. The predicted octanol–water partition coefficient (Wildman–Crippen LogP) is 2.00. The molecular formula is C12H14ClFN2OS. The Morgan fingerprint density at radius 3 is 2.83 bits per heavy atom. The highest BCUT2D eigenvalue weighted by atomic mass is 35.5. The second kappa shape index (κ2) is 6.41. The van der Waals surface area contributed by atoms with Crippen LogP contribution in [0.5, 0.6) is 0 Å². The van der Waals surface area contributed by atoms with Crippen LogP contribution in [0.1, 0.15) is 0 Å². The van der Waals surface area contributed by atoms with E-state index >= 15 is 0 Å². The van der Waals surface area contributed by atoms with Crippen molar-refractivity contribution in [3.63, 3.8) is 0 Å². The summed E-state index contributed by atoms with van der Waals surface area (Å²) in [5.74, 6) is 0.0745. The molecule has 0 unspecified atom stereocenters. The zero-order valence-corrected chi connectivity index (χ0v) is 11.4. The monoisotopic (exact) mass is 288 g/mol. The molecule has 1 heterocycles. The number of carbonyl (C=O) groups excluding carboxylic acids is 1. The molecule has 0 aromatic heterocycles. The van der Waals surface area contributed by atoms with Crippen molar-refractivity contribution in [3.05, 3.63) is 29.0 Å². The zero-order chi connectivity index (χ0) is 13.0. The molecule has 1 aliphatic heterocycles. The van der Waals surface area contributed by atoms with Crippen LogP contribution in [-0.4, -0.2) is 42.7 Å². The first kappa shape index (κ1) is 13.6. The highest BCUT2D eigenvalue weighted by Gasteiger charge is 2.16. The molecule has 18 heavy (non-hydrogen) atoms. The molecular weight excluding hydrogens is 275 g/mol. The number of hydrogen-bond acceptors (Lipinski definition) is 3. The van der Waals surface area contributed by atoms with Gasteiger partial charge in [0.25, 0.3) is 0 Å². The van der Waals surface area contributed by atoms with Gasteiger partial charge in [-0.15, -0.1) is 11.8 Å². The Morgan fingerprint density at radius 1 is 1.44 bits per heavy atom. The highest BCUT2D eigenvalue weighted by molar-refractivity contribution is 8.00. The molecule has 1 saturated heterocycles.